The molecule has 0 unspecified atom stereocenters. The second kappa shape index (κ2) is 9.40. The van der Waals surface area contributed by atoms with Gasteiger partial charge in [-0.1, -0.05) is 0 Å². The zero-order valence-electron chi connectivity index (χ0n) is 19.0. The van der Waals surface area contributed by atoms with Crippen molar-refractivity contribution in [2.24, 2.45) is 0 Å². The molecular weight excluding hydrogens is 458 g/mol. The van der Waals surface area contributed by atoms with E-state index in [0.717, 1.165) is 5.82 Å². The van der Waals surface area contributed by atoms with Crippen molar-refractivity contribution in [1.82, 2.24) is 19.5 Å². The standard InChI is InChI=1S/C23H23N5O5S/c1-15-25-22(28-12-11-24-16(28)2)14-23(26-15)33-18-7-5-17(6-8-18)27-34(29,30)19-9-10-20(31-3)21(13-19)32-4/h5-14,27H,1-4H3. The number of nitrogens with zero attached hydrogens (tertiary/aromatic N) is 4. The summed E-state index contributed by atoms with van der Waals surface area (Å²) < 4.78 is 46.2. The molecule has 2 aromatic heterocycles. The van der Waals surface area contributed by atoms with Crippen molar-refractivity contribution in [2.75, 3.05) is 18.9 Å². The van der Waals surface area contributed by atoms with E-state index in [-0.39, 0.29) is 4.90 Å². The quantitative estimate of drug-likeness (QED) is 0.403. The van der Waals surface area contributed by atoms with E-state index >= 15 is 0 Å². The molecule has 1 N–H and O–H groups in total. The summed E-state index contributed by atoms with van der Waals surface area (Å²) in [5, 5.41) is 0. The van der Waals surface area contributed by atoms with Crippen molar-refractivity contribution >= 4 is 15.7 Å². The molecule has 11 heteroatoms. The molecule has 0 aliphatic carbocycles. The minimum Gasteiger partial charge on any atom is -0.493 e. The molecule has 0 spiro atoms. The number of aryl methyl sites for hydroxylation is 2. The molecule has 2 heterocycles. The summed E-state index contributed by atoms with van der Waals surface area (Å²) in [7, 11) is -0.913. The third-order valence-corrected chi connectivity index (χ3v) is 6.25. The first-order valence-corrected chi connectivity index (χ1v) is 11.7. The lowest BCUT2D eigenvalue weighted by Crippen LogP contribution is -2.13. The van der Waals surface area contributed by atoms with Gasteiger partial charge in [0.15, 0.2) is 11.5 Å². The van der Waals surface area contributed by atoms with Crippen molar-refractivity contribution < 1.29 is 22.6 Å². The Balaban J connectivity index is 1.51. The first-order chi connectivity index (χ1) is 16.3. The van der Waals surface area contributed by atoms with Crippen LogP contribution in [0.15, 0.2) is 65.8 Å². The number of sulfonamides is 1. The molecule has 34 heavy (non-hydrogen) atoms. The number of anilines is 1. The Kier molecular flexibility index (Phi) is 6.37. The van der Waals surface area contributed by atoms with E-state index in [1.807, 2.05) is 11.5 Å². The van der Waals surface area contributed by atoms with Crippen LogP contribution in [-0.2, 0) is 10.0 Å². The highest BCUT2D eigenvalue weighted by molar-refractivity contribution is 7.92. The smallest absolute Gasteiger partial charge is 0.262 e. The Morgan fingerprint density at radius 1 is 0.912 bits per heavy atom. The molecule has 176 valence electrons. The average molecular weight is 482 g/mol. The van der Waals surface area contributed by atoms with Crippen LogP contribution in [-0.4, -0.2) is 42.2 Å². The lowest BCUT2D eigenvalue weighted by molar-refractivity contribution is 0.354. The maximum Gasteiger partial charge on any atom is 0.262 e. The lowest BCUT2D eigenvalue weighted by Gasteiger charge is -2.12. The molecule has 0 saturated heterocycles. The Bertz CT molecular complexity index is 1420. The van der Waals surface area contributed by atoms with Gasteiger partial charge in [-0.2, -0.15) is 4.98 Å². The van der Waals surface area contributed by atoms with E-state index in [1.165, 1.54) is 32.4 Å². The Hall–Kier alpha value is -4.12. The van der Waals surface area contributed by atoms with Crippen LogP contribution in [0.1, 0.15) is 11.6 Å². The van der Waals surface area contributed by atoms with Gasteiger partial charge in [0.05, 0.1) is 19.1 Å². The Morgan fingerprint density at radius 2 is 1.65 bits per heavy atom. The van der Waals surface area contributed by atoms with Crippen LogP contribution in [0.3, 0.4) is 0 Å². The number of aromatic nitrogens is 4. The Morgan fingerprint density at radius 3 is 2.29 bits per heavy atom. The maximum atomic E-state index is 12.8. The lowest BCUT2D eigenvalue weighted by atomic mass is 10.3. The van der Waals surface area contributed by atoms with Crippen LogP contribution in [0, 0.1) is 13.8 Å². The van der Waals surface area contributed by atoms with Crippen LogP contribution in [0.5, 0.6) is 23.1 Å². The number of nitrogens with one attached hydrogen (secondary N) is 1. The van der Waals surface area contributed by atoms with E-state index in [1.54, 1.807) is 49.6 Å². The monoisotopic (exact) mass is 481 g/mol. The second-order valence-corrected chi connectivity index (χ2v) is 8.89. The van der Waals surface area contributed by atoms with Gasteiger partial charge in [-0.15, -0.1) is 0 Å². The van der Waals surface area contributed by atoms with Gasteiger partial charge in [-0.05, 0) is 50.2 Å². The van der Waals surface area contributed by atoms with Crippen LogP contribution < -0.4 is 18.9 Å². The minimum atomic E-state index is -3.84. The summed E-state index contributed by atoms with van der Waals surface area (Å²) in [5.74, 6) is 3.57. The molecule has 4 rings (SSSR count). The predicted octanol–water partition coefficient (Wildman–Crippen LogP) is 3.89. The summed E-state index contributed by atoms with van der Waals surface area (Å²) in [6.45, 7) is 3.65. The van der Waals surface area contributed by atoms with Gasteiger partial charge in [0.1, 0.15) is 23.2 Å². The topological polar surface area (TPSA) is 117 Å². The van der Waals surface area contributed by atoms with Crippen LogP contribution in [0.4, 0.5) is 5.69 Å². The Labute approximate surface area is 197 Å². The first-order valence-electron chi connectivity index (χ1n) is 10.2. The summed E-state index contributed by atoms with van der Waals surface area (Å²) in [6, 6.07) is 12.6. The second-order valence-electron chi connectivity index (χ2n) is 7.20. The molecule has 0 aliphatic rings. The van der Waals surface area contributed by atoms with Gasteiger partial charge < -0.3 is 14.2 Å². The molecule has 0 amide bonds. The molecule has 0 radical (unpaired) electrons. The fraction of sp³-hybridized carbons (Fsp3) is 0.174. The number of methoxy groups -OCH3 is 2. The van der Waals surface area contributed by atoms with Crippen molar-refractivity contribution in [1.29, 1.82) is 0 Å². The third kappa shape index (κ3) is 4.94. The van der Waals surface area contributed by atoms with Gasteiger partial charge >= 0.3 is 0 Å². The van der Waals surface area contributed by atoms with Gasteiger partial charge in [-0.25, -0.2) is 18.4 Å². The van der Waals surface area contributed by atoms with Gasteiger partial charge in [0, 0.05) is 30.2 Å². The zero-order valence-corrected chi connectivity index (χ0v) is 19.8. The molecule has 0 aliphatic heterocycles. The SMILES string of the molecule is COc1ccc(S(=O)(=O)Nc2ccc(Oc3cc(-n4ccnc4C)nc(C)n3)cc2)cc1OC. The van der Waals surface area contributed by atoms with Gasteiger partial charge in [0.2, 0.25) is 5.88 Å². The third-order valence-electron chi connectivity index (χ3n) is 4.87. The number of rotatable bonds is 8. The van der Waals surface area contributed by atoms with Gasteiger partial charge in [0.25, 0.3) is 10.0 Å². The van der Waals surface area contributed by atoms with Crippen molar-refractivity contribution in [3.63, 3.8) is 0 Å². The van der Waals surface area contributed by atoms with E-state index in [4.69, 9.17) is 14.2 Å². The summed E-state index contributed by atoms with van der Waals surface area (Å²) in [6.07, 6.45) is 3.50. The number of hydrogen-bond donors (Lipinski definition) is 1. The number of ether oxygens (including phenoxy) is 3. The van der Waals surface area contributed by atoms with Crippen LogP contribution >= 0.6 is 0 Å². The minimum absolute atomic E-state index is 0.0456. The fourth-order valence-electron chi connectivity index (χ4n) is 3.23. The molecule has 10 nitrogen and oxygen atoms in total. The molecule has 2 aromatic carbocycles. The zero-order chi connectivity index (χ0) is 24.3. The highest BCUT2D eigenvalue weighted by Gasteiger charge is 2.17. The number of imidazole rings is 1. The molecule has 0 saturated carbocycles. The van der Waals surface area contributed by atoms with Crippen LogP contribution in [0.2, 0.25) is 0 Å². The molecule has 0 fully saturated rings. The summed E-state index contributed by atoms with van der Waals surface area (Å²) >= 11 is 0. The molecule has 0 bridgehead atoms. The molecular formula is C23H23N5O5S. The van der Waals surface area contributed by atoms with Crippen molar-refractivity contribution in [3.8, 4) is 28.9 Å². The highest BCUT2D eigenvalue weighted by Crippen LogP contribution is 2.30. The van der Waals surface area contributed by atoms with E-state index in [2.05, 4.69) is 19.7 Å². The van der Waals surface area contributed by atoms with Gasteiger partial charge in [-0.3, -0.25) is 9.29 Å². The van der Waals surface area contributed by atoms with Crippen molar-refractivity contribution in [2.45, 2.75) is 18.7 Å². The van der Waals surface area contributed by atoms with E-state index in [0.29, 0.717) is 40.5 Å². The highest BCUT2D eigenvalue weighted by atomic mass is 32.2. The first kappa shape index (κ1) is 23.1. The summed E-state index contributed by atoms with van der Waals surface area (Å²) in [4.78, 5) is 13.0. The largest absolute Gasteiger partial charge is 0.493 e. The summed E-state index contributed by atoms with van der Waals surface area (Å²) in [5.41, 5.74) is 0.371. The average Bonchev–Trinajstić information content (AvgIpc) is 3.25. The maximum absolute atomic E-state index is 12.8. The normalized spacial score (nSPS) is 11.2. The fourth-order valence-corrected chi connectivity index (χ4v) is 4.30. The van der Waals surface area contributed by atoms with E-state index < -0.39 is 10.0 Å². The predicted molar refractivity (Wildman–Crippen MR) is 125 cm³/mol. The number of benzene rings is 2. The van der Waals surface area contributed by atoms with Crippen LogP contribution in [0.25, 0.3) is 5.82 Å². The molecule has 0 atom stereocenters. The molecule has 4 aromatic rings. The van der Waals surface area contributed by atoms with Crippen molar-refractivity contribution in [3.05, 3.63) is 72.6 Å². The van der Waals surface area contributed by atoms with E-state index in [9.17, 15) is 8.42 Å². The number of hydrogen-bond acceptors (Lipinski definition) is 8.